The number of amides is 1. The molecule has 1 atom stereocenters. The van der Waals surface area contributed by atoms with E-state index in [1.54, 1.807) is 42.5 Å². The van der Waals surface area contributed by atoms with Gasteiger partial charge in [0.25, 0.3) is 10.0 Å². The smallest absolute Gasteiger partial charge is 0.264 e. The third kappa shape index (κ3) is 4.76. The summed E-state index contributed by atoms with van der Waals surface area (Å²) in [6.07, 6.45) is 0.764. The summed E-state index contributed by atoms with van der Waals surface area (Å²) in [7, 11) is -2.34. The lowest BCUT2D eigenvalue weighted by Crippen LogP contribution is -2.43. The average molecular weight is 376 g/mol. The van der Waals surface area contributed by atoms with E-state index in [1.807, 2.05) is 13.8 Å². The van der Waals surface area contributed by atoms with Crippen molar-refractivity contribution in [3.8, 4) is 5.75 Å². The van der Waals surface area contributed by atoms with Crippen LogP contribution >= 0.6 is 0 Å². The minimum Gasteiger partial charge on any atom is -0.497 e. The molecule has 0 aliphatic carbocycles. The number of carbonyl (C=O) groups is 1. The van der Waals surface area contributed by atoms with E-state index in [4.69, 9.17) is 4.74 Å². The lowest BCUT2D eigenvalue weighted by Gasteiger charge is -2.25. The molecule has 0 unspecified atom stereocenters. The van der Waals surface area contributed by atoms with Gasteiger partial charge in [0.2, 0.25) is 5.91 Å². The van der Waals surface area contributed by atoms with Crippen molar-refractivity contribution in [1.82, 2.24) is 5.32 Å². The number of rotatable bonds is 8. The van der Waals surface area contributed by atoms with Gasteiger partial charge >= 0.3 is 0 Å². The first-order valence-corrected chi connectivity index (χ1v) is 9.83. The molecule has 2 aromatic rings. The molecule has 0 radical (unpaired) electrons. The van der Waals surface area contributed by atoms with Crippen LogP contribution in [0.5, 0.6) is 5.75 Å². The Morgan fingerprint density at radius 2 is 1.73 bits per heavy atom. The topological polar surface area (TPSA) is 75.7 Å². The van der Waals surface area contributed by atoms with Crippen molar-refractivity contribution in [1.29, 1.82) is 0 Å². The molecule has 1 amide bonds. The van der Waals surface area contributed by atoms with Gasteiger partial charge in [-0.15, -0.1) is 0 Å². The van der Waals surface area contributed by atoms with Gasteiger partial charge in [0.15, 0.2) is 0 Å². The Kier molecular flexibility index (Phi) is 6.63. The molecule has 0 heterocycles. The summed E-state index contributed by atoms with van der Waals surface area (Å²) >= 11 is 0. The molecule has 140 valence electrons. The van der Waals surface area contributed by atoms with Crippen LogP contribution in [0, 0.1) is 0 Å². The van der Waals surface area contributed by atoms with Crippen molar-refractivity contribution in [3.63, 3.8) is 0 Å². The van der Waals surface area contributed by atoms with E-state index in [-0.39, 0.29) is 23.4 Å². The summed E-state index contributed by atoms with van der Waals surface area (Å²) in [5, 5.41) is 2.81. The molecule has 7 heteroatoms. The minimum atomic E-state index is -3.88. The van der Waals surface area contributed by atoms with Crippen LogP contribution in [0.2, 0.25) is 0 Å². The summed E-state index contributed by atoms with van der Waals surface area (Å²) in [6.45, 7) is 3.53. The van der Waals surface area contributed by atoms with Gasteiger partial charge in [0, 0.05) is 6.04 Å². The van der Waals surface area contributed by atoms with E-state index in [2.05, 4.69) is 5.32 Å². The molecule has 0 fully saturated rings. The average Bonchev–Trinajstić information content (AvgIpc) is 2.66. The van der Waals surface area contributed by atoms with Crippen LogP contribution in [0.4, 0.5) is 5.69 Å². The Labute approximate surface area is 154 Å². The molecule has 0 bridgehead atoms. The number of methoxy groups -OCH3 is 1. The zero-order valence-corrected chi connectivity index (χ0v) is 16.0. The molecule has 0 aromatic heterocycles. The first-order chi connectivity index (χ1) is 12.4. The number of nitrogens with zero attached hydrogens (tertiary/aromatic N) is 1. The number of carbonyl (C=O) groups excluding carboxylic acids is 1. The molecule has 0 aliphatic rings. The number of hydrogen-bond donors (Lipinski definition) is 1. The zero-order chi connectivity index (χ0) is 19.2. The molecule has 0 spiro atoms. The van der Waals surface area contributed by atoms with Crippen molar-refractivity contribution in [2.24, 2.45) is 0 Å². The van der Waals surface area contributed by atoms with E-state index >= 15 is 0 Å². The summed E-state index contributed by atoms with van der Waals surface area (Å²) in [5.74, 6) is 0.254. The van der Waals surface area contributed by atoms with Gasteiger partial charge in [-0.1, -0.05) is 25.1 Å². The molecule has 2 rings (SSSR count). The number of sulfonamides is 1. The second-order valence-corrected chi connectivity index (χ2v) is 7.76. The molecule has 6 nitrogen and oxygen atoms in total. The number of anilines is 1. The SMILES string of the molecule is CC[C@@H](C)NC(=O)CN(c1ccc(OC)cc1)S(=O)(=O)c1ccccc1. The first kappa shape index (κ1) is 19.8. The number of nitrogens with one attached hydrogen (secondary N) is 1. The number of benzene rings is 2. The second-order valence-electron chi connectivity index (χ2n) is 5.90. The van der Waals surface area contributed by atoms with Crippen LogP contribution in [0.1, 0.15) is 20.3 Å². The highest BCUT2D eigenvalue weighted by Gasteiger charge is 2.27. The third-order valence-corrected chi connectivity index (χ3v) is 5.79. The quantitative estimate of drug-likeness (QED) is 0.769. The molecule has 1 N–H and O–H groups in total. The normalized spacial score (nSPS) is 12.3. The Morgan fingerprint density at radius 3 is 2.27 bits per heavy atom. The van der Waals surface area contributed by atoms with Crippen LogP contribution in [0.15, 0.2) is 59.5 Å². The summed E-state index contributed by atoms with van der Waals surface area (Å²) in [4.78, 5) is 12.5. The van der Waals surface area contributed by atoms with Crippen molar-refractivity contribution in [3.05, 3.63) is 54.6 Å². The highest BCUT2D eigenvalue weighted by Crippen LogP contribution is 2.25. The minimum absolute atomic E-state index is 0.0281. The van der Waals surface area contributed by atoms with Crippen molar-refractivity contribution in [2.75, 3.05) is 18.0 Å². The molecular formula is C19H24N2O4S. The number of hydrogen-bond acceptors (Lipinski definition) is 4. The van der Waals surface area contributed by atoms with Gasteiger partial charge in [-0.3, -0.25) is 9.10 Å². The Balaban J connectivity index is 2.39. The maximum Gasteiger partial charge on any atom is 0.264 e. The summed E-state index contributed by atoms with van der Waals surface area (Å²) < 4.78 is 32.4. The fourth-order valence-electron chi connectivity index (χ4n) is 2.34. The molecule has 0 saturated heterocycles. The van der Waals surface area contributed by atoms with Gasteiger partial charge in [-0.25, -0.2) is 8.42 Å². The van der Waals surface area contributed by atoms with Crippen molar-refractivity contribution in [2.45, 2.75) is 31.2 Å². The maximum atomic E-state index is 13.1. The van der Waals surface area contributed by atoms with Gasteiger partial charge in [0.1, 0.15) is 12.3 Å². The second kappa shape index (κ2) is 8.71. The van der Waals surface area contributed by atoms with Crippen molar-refractivity contribution >= 4 is 21.6 Å². The lowest BCUT2D eigenvalue weighted by atomic mass is 10.2. The van der Waals surface area contributed by atoms with E-state index < -0.39 is 10.0 Å². The molecule has 0 saturated carbocycles. The van der Waals surface area contributed by atoms with Crippen LogP contribution in [-0.4, -0.2) is 34.0 Å². The third-order valence-electron chi connectivity index (χ3n) is 4.00. The van der Waals surface area contributed by atoms with E-state index in [0.717, 1.165) is 10.7 Å². The van der Waals surface area contributed by atoms with Crippen LogP contribution in [0.3, 0.4) is 0 Å². The highest BCUT2D eigenvalue weighted by molar-refractivity contribution is 7.92. The fraction of sp³-hybridized carbons (Fsp3) is 0.316. The molecule has 26 heavy (non-hydrogen) atoms. The van der Waals surface area contributed by atoms with Crippen LogP contribution in [-0.2, 0) is 14.8 Å². The zero-order valence-electron chi connectivity index (χ0n) is 15.2. The number of ether oxygens (including phenoxy) is 1. The van der Waals surface area contributed by atoms with Crippen LogP contribution in [0.25, 0.3) is 0 Å². The van der Waals surface area contributed by atoms with Crippen molar-refractivity contribution < 1.29 is 17.9 Å². The fourth-order valence-corrected chi connectivity index (χ4v) is 3.78. The predicted molar refractivity (Wildman–Crippen MR) is 102 cm³/mol. The van der Waals surface area contributed by atoms with Gasteiger partial charge < -0.3 is 10.1 Å². The first-order valence-electron chi connectivity index (χ1n) is 8.39. The summed E-state index contributed by atoms with van der Waals surface area (Å²) in [5.41, 5.74) is 0.397. The Hall–Kier alpha value is -2.54. The summed E-state index contributed by atoms with van der Waals surface area (Å²) in [6, 6.07) is 14.6. The van der Waals surface area contributed by atoms with E-state index in [1.165, 1.54) is 19.2 Å². The van der Waals surface area contributed by atoms with Crippen LogP contribution < -0.4 is 14.4 Å². The van der Waals surface area contributed by atoms with Gasteiger partial charge in [-0.2, -0.15) is 0 Å². The maximum absolute atomic E-state index is 13.1. The molecule has 2 aromatic carbocycles. The van der Waals surface area contributed by atoms with E-state index in [0.29, 0.717) is 11.4 Å². The van der Waals surface area contributed by atoms with Gasteiger partial charge in [-0.05, 0) is 49.7 Å². The monoisotopic (exact) mass is 376 g/mol. The Morgan fingerprint density at radius 1 is 1.12 bits per heavy atom. The van der Waals surface area contributed by atoms with Gasteiger partial charge in [0.05, 0.1) is 17.7 Å². The lowest BCUT2D eigenvalue weighted by molar-refractivity contribution is -0.120. The highest BCUT2D eigenvalue weighted by atomic mass is 32.2. The Bertz CT molecular complexity index is 820. The predicted octanol–water partition coefficient (Wildman–Crippen LogP) is 2.81. The molecular weight excluding hydrogens is 352 g/mol. The van der Waals surface area contributed by atoms with E-state index in [9.17, 15) is 13.2 Å². The standard InChI is InChI=1S/C19H24N2O4S/c1-4-15(2)20-19(22)14-21(16-10-12-17(25-3)13-11-16)26(23,24)18-8-6-5-7-9-18/h5-13,15H,4,14H2,1-3H3,(H,20,22)/t15-/m1/s1. The molecule has 0 aliphatic heterocycles. The largest absolute Gasteiger partial charge is 0.497 e.